The highest BCUT2D eigenvalue weighted by Gasteiger charge is 2.44. The SMILES string of the molecule is COC(=O)c1ccc(COc2ccccc2CN2CCN(C(=O)CNC(=O)C3(C)CCC(F)(F)CC3)CC2)cc1. The van der Waals surface area contributed by atoms with Gasteiger partial charge in [-0.3, -0.25) is 14.5 Å². The Labute approximate surface area is 233 Å². The number of benzene rings is 2. The summed E-state index contributed by atoms with van der Waals surface area (Å²) in [7, 11) is 1.35. The Balaban J connectivity index is 1.22. The van der Waals surface area contributed by atoms with E-state index in [4.69, 9.17) is 9.47 Å². The van der Waals surface area contributed by atoms with Crippen LogP contribution in [0.25, 0.3) is 0 Å². The first-order valence-electron chi connectivity index (χ1n) is 13.6. The summed E-state index contributed by atoms with van der Waals surface area (Å²) in [6.07, 6.45) is -0.368. The van der Waals surface area contributed by atoms with Gasteiger partial charge < -0.3 is 19.7 Å². The minimum Gasteiger partial charge on any atom is -0.489 e. The Hall–Kier alpha value is -3.53. The predicted octanol–water partition coefficient (Wildman–Crippen LogP) is 4.03. The molecule has 1 N–H and O–H groups in total. The lowest BCUT2D eigenvalue weighted by Gasteiger charge is -2.37. The van der Waals surface area contributed by atoms with Crippen LogP contribution in [0, 0.1) is 5.41 Å². The highest BCUT2D eigenvalue weighted by molar-refractivity contribution is 5.89. The highest BCUT2D eigenvalue weighted by Crippen LogP contribution is 2.43. The monoisotopic (exact) mass is 557 g/mol. The third-order valence-corrected chi connectivity index (χ3v) is 7.89. The van der Waals surface area contributed by atoms with E-state index in [2.05, 4.69) is 10.2 Å². The molecule has 2 amide bonds. The summed E-state index contributed by atoms with van der Waals surface area (Å²) in [4.78, 5) is 41.0. The second kappa shape index (κ2) is 12.8. The number of hydrogen-bond acceptors (Lipinski definition) is 6. The largest absolute Gasteiger partial charge is 0.489 e. The van der Waals surface area contributed by atoms with Crippen LogP contribution in [0.1, 0.15) is 54.1 Å². The molecule has 2 aliphatic rings. The van der Waals surface area contributed by atoms with Crippen LogP contribution in [-0.2, 0) is 27.5 Å². The van der Waals surface area contributed by atoms with Gasteiger partial charge in [0.05, 0.1) is 19.2 Å². The zero-order chi connectivity index (χ0) is 28.8. The first-order chi connectivity index (χ1) is 19.1. The highest BCUT2D eigenvalue weighted by atomic mass is 19.3. The molecule has 1 heterocycles. The van der Waals surface area contributed by atoms with Crippen molar-refractivity contribution in [2.75, 3.05) is 39.8 Å². The van der Waals surface area contributed by atoms with E-state index in [1.54, 1.807) is 24.0 Å². The molecule has 1 saturated carbocycles. The molecule has 0 aromatic heterocycles. The Morgan fingerprint density at radius 1 is 0.925 bits per heavy atom. The standard InChI is InChI=1S/C30H37F2N3O5/c1-29(11-13-30(31,32)14-12-29)28(38)33-19-26(36)35-17-15-34(16-18-35)20-24-5-3-4-6-25(24)40-21-22-7-9-23(10-8-22)27(37)39-2/h3-10H,11-21H2,1-2H3,(H,33,38). The third kappa shape index (κ3) is 7.56. The van der Waals surface area contributed by atoms with Crippen molar-refractivity contribution in [1.29, 1.82) is 0 Å². The Morgan fingerprint density at radius 3 is 2.23 bits per heavy atom. The molecule has 0 bridgehead atoms. The molecule has 1 aliphatic carbocycles. The predicted molar refractivity (Wildman–Crippen MR) is 145 cm³/mol. The molecule has 1 saturated heterocycles. The van der Waals surface area contributed by atoms with E-state index in [0.717, 1.165) is 16.9 Å². The number of halogens is 2. The van der Waals surface area contributed by atoms with Crippen LogP contribution in [0.15, 0.2) is 48.5 Å². The van der Waals surface area contributed by atoms with Crippen LogP contribution >= 0.6 is 0 Å². The van der Waals surface area contributed by atoms with Gasteiger partial charge in [-0.15, -0.1) is 0 Å². The summed E-state index contributed by atoms with van der Waals surface area (Å²) >= 11 is 0. The number of nitrogens with zero attached hydrogens (tertiary/aromatic N) is 2. The maximum atomic E-state index is 13.5. The molecule has 0 atom stereocenters. The van der Waals surface area contributed by atoms with Crippen molar-refractivity contribution < 1.29 is 32.6 Å². The van der Waals surface area contributed by atoms with E-state index < -0.39 is 11.3 Å². The van der Waals surface area contributed by atoms with Crippen molar-refractivity contribution in [2.24, 2.45) is 5.41 Å². The van der Waals surface area contributed by atoms with Crippen molar-refractivity contribution in [1.82, 2.24) is 15.1 Å². The number of amides is 2. The summed E-state index contributed by atoms with van der Waals surface area (Å²) in [5.74, 6) is -2.81. The number of carbonyl (C=O) groups excluding carboxylic acids is 3. The van der Waals surface area contributed by atoms with Gasteiger partial charge in [0.25, 0.3) is 0 Å². The molecule has 10 heteroatoms. The fraction of sp³-hybridized carbons (Fsp3) is 0.500. The molecule has 8 nitrogen and oxygen atoms in total. The summed E-state index contributed by atoms with van der Waals surface area (Å²) in [6.45, 7) is 5.02. The van der Waals surface area contributed by atoms with Crippen LogP contribution in [0.3, 0.4) is 0 Å². The zero-order valence-corrected chi connectivity index (χ0v) is 23.1. The van der Waals surface area contributed by atoms with Gasteiger partial charge in [0.2, 0.25) is 17.7 Å². The van der Waals surface area contributed by atoms with Gasteiger partial charge in [-0.25, -0.2) is 13.6 Å². The number of methoxy groups -OCH3 is 1. The summed E-state index contributed by atoms with van der Waals surface area (Å²) < 4.78 is 37.8. The number of ether oxygens (including phenoxy) is 2. The van der Waals surface area contributed by atoms with Gasteiger partial charge in [0, 0.05) is 56.5 Å². The minimum atomic E-state index is -2.71. The lowest BCUT2D eigenvalue weighted by molar-refractivity contribution is -0.141. The van der Waals surface area contributed by atoms with E-state index in [9.17, 15) is 23.2 Å². The lowest BCUT2D eigenvalue weighted by Crippen LogP contribution is -2.52. The molecule has 2 aromatic carbocycles. The number of hydrogen-bond donors (Lipinski definition) is 1. The number of carbonyl (C=O) groups is 3. The molecular weight excluding hydrogens is 520 g/mol. The number of rotatable bonds is 9. The van der Waals surface area contributed by atoms with Gasteiger partial charge in [-0.05, 0) is 36.6 Å². The number of piperazine rings is 1. The number of alkyl halides is 2. The van der Waals surface area contributed by atoms with Crippen molar-refractivity contribution in [3.05, 3.63) is 65.2 Å². The quantitative estimate of drug-likeness (QED) is 0.469. The van der Waals surface area contributed by atoms with E-state index in [-0.39, 0.29) is 50.0 Å². The molecule has 0 spiro atoms. The molecule has 0 unspecified atom stereocenters. The smallest absolute Gasteiger partial charge is 0.337 e. The molecule has 2 aromatic rings. The fourth-order valence-electron chi connectivity index (χ4n) is 5.06. The molecule has 2 fully saturated rings. The van der Waals surface area contributed by atoms with Crippen LogP contribution in [0.5, 0.6) is 5.75 Å². The maximum Gasteiger partial charge on any atom is 0.337 e. The fourth-order valence-corrected chi connectivity index (χ4v) is 5.06. The lowest BCUT2D eigenvalue weighted by atomic mass is 9.73. The maximum absolute atomic E-state index is 13.5. The normalized spacial score (nSPS) is 18.6. The van der Waals surface area contributed by atoms with Gasteiger partial charge in [0.15, 0.2) is 0 Å². The Bertz CT molecular complexity index is 1190. The minimum absolute atomic E-state index is 0.117. The first kappa shape index (κ1) is 29.5. The van der Waals surface area contributed by atoms with E-state index in [1.807, 2.05) is 36.4 Å². The second-order valence-electron chi connectivity index (χ2n) is 10.8. The zero-order valence-electron chi connectivity index (χ0n) is 23.1. The van der Waals surface area contributed by atoms with Gasteiger partial charge in [-0.1, -0.05) is 37.3 Å². The summed E-state index contributed by atoms with van der Waals surface area (Å²) in [5.41, 5.74) is 1.59. The Kier molecular flexibility index (Phi) is 9.40. The van der Waals surface area contributed by atoms with Crippen molar-refractivity contribution >= 4 is 17.8 Å². The van der Waals surface area contributed by atoms with Crippen molar-refractivity contribution in [3.8, 4) is 5.75 Å². The topological polar surface area (TPSA) is 88.2 Å². The van der Waals surface area contributed by atoms with Crippen LogP contribution in [0.4, 0.5) is 8.78 Å². The van der Waals surface area contributed by atoms with Crippen LogP contribution < -0.4 is 10.1 Å². The van der Waals surface area contributed by atoms with E-state index >= 15 is 0 Å². The number of nitrogens with one attached hydrogen (secondary N) is 1. The third-order valence-electron chi connectivity index (χ3n) is 7.89. The molecule has 40 heavy (non-hydrogen) atoms. The average molecular weight is 558 g/mol. The van der Waals surface area contributed by atoms with E-state index in [1.165, 1.54) is 7.11 Å². The molecular formula is C30H37F2N3O5. The average Bonchev–Trinajstić information content (AvgIpc) is 2.97. The molecule has 1 aliphatic heterocycles. The van der Waals surface area contributed by atoms with Crippen LogP contribution in [0.2, 0.25) is 0 Å². The summed E-state index contributed by atoms with van der Waals surface area (Å²) in [5, 5.41) is 2.69. The van der Waals surface area contributed by atoms with Crippen LogP contribution in [-0.4, -0.2) is 73.3 Å². The van der Waals surface area contributed by atoms with Gasteiger partial charge >= 0.3 is 5.97 Å². The van der Waals surface area contributed by atoms with Gasteiger partial charge in [0.1, 0.15) is 12.4 Å². The number of esters is 1. The van der Waals surface area contributed by atoms with Gasteiger partial charge in [-0.2, -0.15) is 0 Å². The second-order valence-corrected chi connectivity index (χ2v) is 10.8. The molecule has 0 radical (unpaired) electrons. The summed E-state index contributed by atoms with van der Waals surface area (Å²) in [6, 6.07) is 14.9. The molecule has 4 rings (SSSR count). The molecule has 216 valence electrons. The first-order valence-corrected chi connectivity index (χ1v) is 13.6. The Morgan fingerprint density at radius 2 is 1.57 bits per heavy atom. The van der Waals surface area contributed by atoms with Crippen molar-refractivity contribution in [3.63, 3.8) is 0 Å². The number of para-hydroxylation sites is 1. The van der Waals surface area contributed by atoms with Crippen molar-refractivity contribution in [2.45, 2.75) is 51.7 Å². The van der Waals surface area contributed by atoms with E-state index in [0.29, 0.717) is 44.9 Å².